The van der Waals surface area contributed by atoms with Gasteiger partial charge in [0.15, 0.2) is 0 Å². The maximum absolute atomic E-state index is 12.3. The fourth-order valence-electron chi connectivity index (χ4n) is 3.48. The number of likely N-dealkylation sites (tertiary alicyclic amines) is 1. The zero-order valence-corrected chi connectivity index (χ0v) is 14.7. The van der Waals surface area contributed by atoms with Crippen molar-refractivity contribution in [3.63, 3.8) is 0 Å². The van der Waals surface area contributed by atoms with Crippen molar-refractivity contribution in [2.75, 3.05) is 19.6 Å². The van der Waals surface area contributed by atoms with Gasteiger partial charge >= 0.3 is 0 Å². The Kier molecular flexibility index (Phi) is 7.06. The third kappa shape index (κ3) is 5.21. The monoisotopic (exact) mass is 351 g/mol. The van der Waals surface area contributed by atoms with Crippen LogP contribution in [-0.4, -0.2) is 48.4 Å². The fourth-order valence-corrected chi connectivity index (χ4v) is 3.48. The van der Waals surface area contributed by atoms with Crippen LogP contribution in [0.4, 0.5) is 0 Å². The number of hydrogen-bond acceptors (Lipinski definition) is 3. The van der Waals surface area contributed by atoms with Crippen molar-refractivity contribution in [2.45, 2.75) is 44.2 Å². The first-order chi connectivity index (χ1) is 11.2. The van der Waals surface area contributed by atoms with Gasteiger partial charge < -0.3 is 15.5 Å². The Balaban J connectivity index is 0.00000208. The first kappa shape index (κ1) is 18.7. The van der Waals surface area contributed by atoms with Crippen molar-refractivity contribution >= 4 is 24.2 Å². The fraction of sp³-hybridized carbons (Fsp3) is 0.556. The van der Waals surface area contributed by atoms with Crippen LogP contribution in [0.5, 0.6) is 0 Å². The van der Waals surface area contributed by atoms with Gasteiger partial charge in [0, 0.05) is 38.1 Å². The standard InChI is InChI=1S/C18H25N3O2.ClH/c22-17(12-14-4-2-1-3-5-14)19-10-8-18(23)21-11-9-15-6-7-16(13-21)20-15;/h1-5,15-16,20H,6-13H2,(H,19,22);1H. The molecule has 2 aliphatic heterocycles. The van der Waals surface area contributed by atoms with E-state index in [4.69, 9.17) is 0 Å². The molecular formula is C18H26ClN3O2. The summed E-state index contributed by atoms with van der Waals surface area (Å²) in [5, 5.41) is 6.42. The zero-order valence-electron chi connectivity index (χ0n) is 13.9. The van der Waals surface area contributed by atoms with Crippen LogP contribution in [0.3, 0.4) is 0 Å². The van der Waals surface area contributed by atoms with E-state index in [1.54, 1.807) is 0 Å². The zero-order chi connectivity index (χ0) is 16.1. The van der Waals surface area contributed by atoms with Crippen LogP contribution in [0.2, 0.25) is 0 Å². The second-order valence-corrected chi connectivity index (χ2v) is 6.53. The lowest BCUT2D eigenvalue weighted by Crippen LogP contribution is -2.40. The van der Waals surface area contributed by atoms with Gasteiger partial charge in [-0.25, -0.2) is 0 Å². The maximum Gasteiger partial charge on any atom is 0.224 e. The van der Waals surface area contributed by atoms with Gasteiger partial charge in [0.05, 0.1) is 6.42 Å². The number of benzene rings is 1. The van der Waals surface area contributed by atoms with Crippen LogP contribution in [0.25, 0.3) is 0 Å². The molecule has 24 heavy (non-hydrogen) atoms. The summed E-state index contributed by atoms with van der Waals surface area (Å²) in [7, 11) is 0. The van der Waals surface area contributed by atoms with Crippen LogP contribution in [0, 0.1) is 0 Å². The Hall–Kier alpha value is -1.59. The molecule has 0 saturated carbocycles. The summed E-state index contributed by atoms with van der Waals surface area (Å²) >= 11 is 0. The molecule has 2 heterocycles. The topological polar surface area (TPSA) is 61.4 Å². The molecule has 2 bridgehead atoms. The summed E-state index contributed by atoms with van der Waals surface area (Å²) in [5.41, 5.74) is 0.992. The third-order valence-corrected chi connectivity index (χ3v) is 4.74. The lowest BCUT2D eigenvalue weighted by Gasteiger charge is -2.24. The number of halogens is 1. The van der Waals surface area contributed by atoms with Gasteiger partial charge in [0.1, 0.15) is 0 Å². The first-order valence-corrected chi connectivity index (χ1v) is 8.55. The molecule has 2 fully saturated rings. The van der Waals surface area contributed by atoms with Crippen molar-refractivity contribution in [3.8, 4) is 0 Å². The van der Waals surface area contributed by atoms with E-state index in [0.717, 1.165) is 25.1 Å². The van der Waals surface area contributed by atoms with E-state index >= 15 is 0 Å². The molecule has 2 N–H and O–H groups in total. The van der Waals surface area contributed by atoms with Crippen molar-refractivity contribution in [1.29, 1.82) is 0 Å². The van der Waals surface area contributed by atoms with E-state index in [0.29, 0.717) is 31.5 Å². The van der Waals surface area contributed by atoms with Crippen LogP contribution in [0.1, 0.15) is 31.2 Å². The molecule has 0 aliphatic carbocycles. The predicted molar refractivity (Wildman–Crippen MR) is 96.2 cm³/mol. The number of fused-ring (bicyclic) bond motifs is 2. The molecule has 2 aliphatic rings. The summed E-state index contributed by atoms with van der Waals surface area (Å²) in [6, 6.07) is 10.7. The Labute approximate surface area is 149 Å². The van der Waals surface area contributed by atoms with Gasteiger partial charge in [-0.3, -0.25) is 9.59 Å². The molecule has 132 valence electrons. The molecule has 5 nitrogen and oxygen atoms in total. The number of nitrogens with one attached hydrogen (secondary N) is 2. The molecule has 2 saturated heterocycles. The molecule has 1 aromatic rings. The number of nitrogens with zero attached hydrogens (tertiary/aromatic N) is 1. The highest BCUT2D eigenvalue weighted by atomic mass is 35.5. The van der Waals surface area contributed by atoms with E-state index < -0.39 is 0 Å². The number of carbonyl (C=O) groups excluding carboxylic acids is 2. The van der Waals surface area contributed by atoms with Crippen LogP contribution in [0.15, 0.2) is 30.3 Å². The summed E-state index contributed by atoms with van der Waals surface area (Å²) in [6.07, 6.45) is 4.21. The molecule has 3 rings (SSSR count). The van der Waals surface area contributed by atoms with Gasteiger partial charge in [-0.15, -0.1) is 12.4 Å². The minimum Gasteiger partial charge on any atom is -0.355 e. The first-order valence-electron chi connectivity index (χ1n) is 8.55. The molecule has 2 amide bonds. The van der Waals surface area contributed by atoms with E-state index in [9.17, 15) is 9.59 Å². The molecule has 0 aromatic heterocycles. The third-order valence-electron chi connectivity index (χ3n) is 4.74. The van der Waals surface area contributed by atoms with E-state index in [1.807, 2.05) is 35.2 Å². The molecule has 0 spiro atoms. The summed E-state index contributed by atoms with van der Waals surface area (Å²) in [6.45, 7) is 2.07. The van der Waals surface area contributed by atoms with E-state index in [-0.39, 0.29) is 24.2 Å². The molecule has 1 aromatic carbocycles. The van der Waals surface area contributed by atoms with Gasteiger partial charge in [0.2, 0.25) is 11.8 Å². The van der Waals surface area contributed by atoms with E-state index in [2.05, 4.69) is 10.6 Å². The van der Waals surface area contributed by atoms with Gasteiger partial charge in [0.25, 0.3) is 0 Å². The lowest BCUT2D eigenvalue weighted by atomic mass is 10.1. The minimum absolute atomic E-state index is 0. The highest BCUT2D eigenvalue weighted by molar-refractivity contribution is 5.85. The molecule has 6 heteroatoms. The number of amides is 2. The van der Waals surface area contributed by atoms with Gasteiger partial charge in [-0.1, -0.05) is 30.3 Å². The Morgan fingerprint density at radius 2 is 1.88 bits per heavy atom. The second kappa shape index (κ2) is 9.04. The number of rotatable bonds is 5. The van der Waals surface area contributed by atoms with Crippen LogP contribution >= 0.6 is 12.4 Å². The van der Waals surface area contributed by atoms with Crippen molar-refractivity contribution < 1.29 is 9.59 Å². The molecular weight excluding hydrogens is 326 g/mol. The summed E-state index contributed by atoms with van der Waals surface area (Å²) in [4.78, 5) is 26.2. The van der Waals surface area contributed by atoms with Crippen LogP contribution in [-0.2, 0) is 16.0 Å². The number of carbonyl (C=O) groups is 2. The smallest absolute Gasteiger partial charge is 0.224 e. The van der Waals surface area contributed by atoms with Crippen molar-refractivity contribution in [2.24, 2.45) is 0 Å². The average Bonchev–Trinajstić information content (AvgIpc) is 2.87. The second-order valence-electron chi connectivity index (χ2n) is 6.53. The lowest BCUT2D eigenvalue weighted by molar-refractivity contribution is -0.131. The van der Waals surface area contributed by atoms with Gasteiger partial charge in [-0.2, -0.15) is 0 Å². The highest BCUT2D eigenvalue weighted by Gasteiger charge is 2.30. The Bertz CT molecular complexity index is 552. The normalized spacial score (nSPS) is 22.4. The summed E-state index contributed by atoms with van der Waals surface area (Å²) < 4.78 is 0. The predicted octanol–water partition coefficient (Wildman–Crippen LogP) is 1.51. The van der Waals surface area contributed by atoms with Crippen molar-refractivity contribution in [1.82, 2.24) is 15.5 Å². The van der Waals surface area contributed by atoms with Gasteiger partial charge in [-0.05, 0) is 24.8 Å². The minimum atomic E-state index is -0.0272. The number of hydrogen-bond donors (Lipinski definition) is 2. The Morgan fingerprint density at radius 1 is 1.12 bits per heavy atom. The highest BCUT2D eigenvalue weighted by Crippen LogP contribution is 2.20. The average molecular weight is 352 g/mol. The Morgan fingerprint density at radius 3 is 2.67 bits per heavy atom. The molecule has 2 atom stereocenters. The largest absolute Gasteiger partial charge is 0.355 e. The molecule has 0 radical (unpaired) electrons. The van der Waals surface area contributed by atoms with E-state index in [1.165, 1.54) is 12.8 Å². The molecule has 2 unspecified atom stereocenters. The SMILES string of the molecule is Cl.O=C(Cc1ccccc1)NCCC(=O)N1CCC2CCC(C1)N2. The maximum atomic E-state index is 12.3. The van der Waals surface area contributed by atoms with Crippen LogP contribution < -0.4 is 10.6 Å². The summed E-state index contributed by atoms with van der Waals surface area (Å²) in [5.74, 6) is 0.125. The quantitative estimate of drug-likeness (QED) is 0.845. The van der Waals surface area contributed by atoms with Crippen molar-refractivity contribution in [3.05, 3.63) is 35.9 Å².